The van der Waals surface area contributed by atoms with E-state index in [0.29, 0.717) is 17.2 Å². The molecule has 0 spiro atoms. The van der Waals surface area contributed by atoms with Crippen LogP contribution in [0.4, 0.5) is 10.1 Å². The van der Waals surface area contributed by atoms with Crippen LogP contribution in [0.5, 0.6) is 11.6 Å². The van der Waals surface area contributed by atoms with Crippen LogP contribution in [0, 0.1) is 5.82 Å². The lowest BCUT2D eigenvalue weighted by molar-refractivity contribution is 0.460. The van der Waals surface area contributed by atoms with Crippen LogP contribution in [-0.4, -0.2) is 14.6 Å². The molecule has 96 valence electrons. The van der Waals surface area contributed by atoms with Crippen molar-refractivity contribution in [1.29, 1.82) is 0 Å². The Labute approximate surface area is 116 Å². The molecule has 3 rings (SSSR count). The van der Waals surface area contributed by atoms with Gasteiger partial charge in [0.15, 0.2) is 11.4 Å². The zero-order valence-corrected chi connectivity index (χ0v) is 11.1. The number of aromatic nitrogens is 3. The van der Waals surface area contributed by atoms with Crippen LogP contribution in [0.1, 0.15) is 0 Å². The highest BCUT2D eigenvalue weighted by atomic mass is 79.9. The summed E-state index contributed by atoms with van der Waals surface area (Å²) in [4.78, 5) is 4.21. The van der Waals surface area contributed by atoms with Crippen molar-refractivity contribution in [2.75, 3.05) is 5.73 Å². The molecule has 0 aliphatic heterocycles. The first-order valence-corrected chi connectivity index (χ1v) is 6.15. The maximum atomic E-state index is 13.4. The molecular formula is C12H8BrFN4O. The standard InChI is InChI=1S/C12H8BrFN4O/c13-7-5-9(15)10(6-8(7)14)19-12-2-4-18-11(17-12)1-3-16-18/h1-6H,15H2. The molecule has 5 nitrogen and oxygen atoms in total. The first kappa shape index (κ1) is 11.9. The minimum atomic E-state index is -0.449. The van der Waals surface area contributed by atoms with Gasteiger partial charge in [-0.15, -0.1) is 0 Å². The third-order valence-corrected chi connectivity index (χ3v) is 3.11. The number of hydrogen-bond donors (Lipinski definition) is 1. The van der Waals surface area contributed by atoms with Gasteiger partial charge in [0.1, 0.15) is 5.82 Å². The Morgan fingerprint density at radius 2 is 2.16 bits per heavy atom. The van der Waals surface area contributed by atoms with Gasteiger partial charge in [0.25, 0.3) is 0 Å². The Kier molecular flexibility index (Phi) is 2.83. The van der Waals surface area contributed by atoms with Crippen molar-refractivity contribution in [2.24, 2.45) is 0 Å². The molecule has 0 aliphatic carbocycles. The number of ether oxygens (including phenoxy) is 1. The first-order valence-electron chi connectivity index (χ1n) is 5.36. The quantitative estimate of drug-likeness (QED) is 0.736. The van der Waals surface area contributed by atoms with Gasteiger partial charge in [0, 0.05) is 24.4 Å². The van der Waals surface area contributed by atoms with Gasteiger partial charge in [-0.25, -0.2) is 8.91 Å². The third kappa shape index (κ3) is 2.24. The number of anilines is 1. The Morgan fingerprint density at radius 1 is 1.32 bits per heavy atom. The Balaban J connectivity index is 1.98. The summed E-state index contributed by atoms with van der Waals surface area (Å²) in [5.41, 5.74) is 6.72. The van der Waals surface area contributed by atoms with E-state index in [4.69, 9.17) is 10.5 Å². The molecule has 2 N–H and O–H groups in total. The highest BCUT2D eigenvalue weighted by Gasteiger charge is 2.09. The molecule has 0 unspecified atom stereocenters. The fourth-order valence-corrected chi connectivity index (χ4v) is 1.96. The lowest BCUT2D eigenvalue weighted by atomic mass is 10.3. The molecule has 0 fully saturated rings. The van der Waals surface area contributed by atoms with Crippen LogP contribution in [0.2, 0.25) is 0 Å². The summed E-state index contributed by atoms with van der Waals surface area (Å²) in [6.07, 6.45) is 3.32. The van der Waals surface area contributed by atoms with Gasteiger partial charge in [0.2, 0.25) is 5.88 Å². The van der Waals surface area contributed by atoms with E-state index in [0.717, 1.165) is 0 Å². The maximum absolute atomic E-state index is 13.4. The lowest BCUT2D eigenvalue weighted by Gasteiger charge is -2.08. The van der Waals surface area contributed by atoms with E-state index in [9.17, 15) is 4.39 Å². The molecular weight excluding hydrogens is 315 g/mol. The van der Waals surface area contributed by atoms with Gasteiger partial charge in [0.05, 0.1) is 16.4 Å². The predicted octanol–water partition coefficient (Wildman–Crippen LogP) is 3.01. The smallest absolute Gasteiger partial charge is 0.222 e. The summed E-state index contributed by atoms with van der Waals surface area (Å²) in [6.45, 7) is 0. The van der Waals surface area contributed by atoms with Gasteiger partial charge >= 0.3 is 0 Å². The van der Waals surface area contributed by atoms with E-state index in [1.165, 1.54) is 12.1 Å². The van der Waals surface area contributed by atoms with Gasteiger partial charge < -0.3 is 10.5 Å². The number of fused-ring (bicyclic) bond motifs is 1. The first-order chi connectivity index (χ1) is 9.13. The van der Waals surface area contributed by atoms with E-state index >= 15 is 0 Å². The van der Waals surface area contributed by atoms with Crippen molar-refractivity contribution in [3.8, 4) is 11.6 Å². The normalized spacial score (nSPS) is 10.8. The minimum Gasteiger partial charge on any atom is -0.437 e. The molecule has 19 heavy (non-hydrogen) atoms. The highest BCUT2D eigenvalue weighted by Crippen LogP contribution is 2.31. The van der Waals surface area contributed by atoms with Crippen LogP contribution in [0.3, 0.4) is 0 Å². The van der Waals surface area contributed by atoms with Crippen molar-refractivity contribution < 1.29 is 9.13 Å². The number of halogens is 2. The molecule has 0 atom stereocenters. The highest BCUT2D eigenvalue weighted by molar-refractivity contribution is 9.10. The number of nitrogen functional groups attached to an aromatic ring is 1. The monoisotopic (exact) mass is 322 g/mol. The Morgan fingerprint density at radius 3 is 3.00 bits per heavy atom. The summed E-state index contributed by atoms with van der Waals surface area (Å²) in [5, 5.41) is 4.02. The second kappa shape index (κ2) is 4.51. The van der Waals surface area contributed by atoms with Crippen molar-refractivity contribution in [1.82, 2.24) is 14.6 Å². The molecule has 1 aromatic carbocycles. The molecule has 0 bridgehead atoms. The van der Waals surface area contributed by atoms with Gasteiger partial charge in [-0.3, -0.25) is 0 Å². The minimum absolute atomic E-state index is 0.220. The summed E-state index contributed by atoms with van der Waals surface area (Å²) < 4.78 is 20.8. The van der Waals surface area contributed by atoms with Crippen LogP contribution < -0.4 is 10.5 Å². The zero-order chi connectivity index (χ0) is 13.4. The van der Waals surface area contributed by atoms with Crippen molar-refractivity contribution >= 4 is 27.3 Å². The zero-order valence-electron chi connectivity index (χ0n) is 9.55. The molecule has 0 amide bonds. The third-order valence-electron chi connectivity index (χ3n) is 2.50. The van der Waals surface area contributed by atoms with Gasteiger partial charge in [-0.05, 0) is 22.0 Å². The number of hydrogen-bond acceptors (Lipinski definition) is 4. The second-order valence-electron chi connectivity index (χ2n) is 3.81. The van der Waals surface area contributed by atoms with E-state index < -0.39 is 5.82 Å². The number of nitrogens with two attached hydrogens (primary N) is 1. The average molecular weight is 323 g/mol. The summed E-state index contributed by atoms with van der Waals surface area (Å²) >= 11 is 3.06. The van der Waals surface area contributed by atoms with Crippen molar-refractivity contribution in [3.05, 3.63) is 46.9 Å². The fourth-order valence-electron chi connectivity index (χ4n) is 1.60. The molecule has 0 radical (unpaired) electrons. The molecule has 3 aromatic rings. The topological polar surface area (TPSA) is 65.4 Å². The van der Waals surface area contributed by atoms with Crippen molar-refractivity contribution in [2.45, 2.75) is 0 Å². The predicted molar refractivity (Wildman–Crippen MR) is 71.6 cm³/mol. The van der Waals surface area contributed by atoms with Gasteiger partial charge in [-0.1, -0.05) is 0 Å². The molecule has 0 saturated heterocycles. The van der Waals surface area contributed by atoms with E-state index in [-0.39, 0.29) is 10.2 Å². The van der Waals surface area contributed by atoms with E-state index in [2.05, 4.69) is 26.0 Å². The molecule has 0 saturated carbocycles. The van der Waals surface area contributed by atoms with Crippen LogP contribution in [-0.2, 0) is 0 Å². The van der Waals surface area contributed by atoms with Crippen molar-refractivity contribution in [3.63, 3.8) is 0 Å². The second-order valence-corrected chi connectivity index (χ2v) is 4.66. The molecule has 2 heterocycles. The fraction of sp³-hybridized carbons (Fsp3) is 0. The average Bonchev–Trinajstić information content (AvgIpc) is 2.83. The number of benzene rings is 1. The summed E-state index contributed by atoms with van der Waals surface area (Å²) in [5.74, 6) is 0.0909. The van der Waals surface area contributed by atoms with Crippen LogP contribution in [0.25, 0.3) is 5.65 Å². The Bertz CT molecular complexity index is 759. The number of nitrogens with zero attached hydrogens (tertiary/aromatic N) is 3. The largest absolute Gasteiger partial charge is 0.437 e. The summed E-state index contributed by atoms with van der Waals surface area (Å²) in [6, 6.07) is 6.02. The SMILES string of the molecule is Nc1cc(Br)c(F)cc1Oc1ccn2nccc2n1. The van der Waals surface area contributed by atoms with Gasteiger partial charge in [-0.2, -0.15) is 10.1 Å². The Hall–Kier alpha value is -2.15. The maximum Gasteiger partial charge on any atom is 0.222 e. The lowest BCUT2D eigenvalue weighted by Crippen LogP contribution is -1.97. The molecule has 2 aromatic heterocycles. The van der Waals surface area contributed by atoms with Crippen LogP contribution in [0.15, 0.2) is 41.1 Å². The molecule has 7 heteroatoms. The summed E-state index contributed by atoms with van der Waals surface area (Å²) in [7, 11) is 0. The van der Waals surface area contributed by atoms with E-state index in [1.807, 2.05) is 0 Å². The molecule has 0 aliphatic rings. The number of rotatable bonds is 2. The van der Waals surface area contributed by atoms with Crippen LogP contribution >= 0.6 is 15.9 Å². The van der Waals surface area contributed by atoms with E-state index in [1.54, 1.807) is 29.0 Å².